The fourth-order valence-electron chi connectivity index (χ4n) is 1.69. The van der Waals surface area contributed by atoms with Gasteiger partial charge in [-0.1, -0.05) is 0 Å². The lowest BCUT2D eigenvalue weighted by molar-refractivity contribution is -0.385. The number of nitro groups is 1. The van der Waals surface area contributed by atoms with Crippen molar-refractivity contribution in [2.45, 2.75) is 18.5 Å². The third-order valence-electron chi connectivity index (χ3n) is 2.92. The van der Waals surface area contributed by atoms with Crippen LogP contribution in [0.1, 0.15) is 16.8 Å². The molecule has 12 heteroatoms. The van der Waals surface area contributed by atoms with Crippen LogP contribution in [-0.2, 0) is 9.59 Å². The number of rotatable bonds is 9. The van der Waals surface area contributed by atoms with E-state index in [9.17, 15) is 24.5 Å². The van der Waals surface area contributed by atoms with E-state index in [4.69, 9.17) is 21.1 Å². The maximum Gasteiger partial charge on any atom is 0.342 e. The Labute approximate surface area is 134 Å². The van der Waals surface area contributed by atoms with Crippen LogP contribution in [0.25, 0.3) is 0 Å². The number of benzene rings is 1. The fraction of sp³-hybridized carbons (Fsp3) is 0.250. The minimum atomic E-state index is -1.53. The number of nitrogens with two attached hydrogens (primary N) is 1. The number of hydrazine groups is 1. The summed E-state index contributed by atoms with van der Waals surface area (Å²) in [4.78, 5) is 42.6. The van der Waals surface area contributed by atoms with Crippen LogP contribution in [0.5, 0.6) is 0 Å². The van der Waals surface area contributed by atoms with E-state index in [1.54, 1.807) is 0 Å². The molecule has 2 atom stereocenters. The third-order valence-corrected chi connectivity index (χ3v) is 2.92. The standard InChI is InChI=1S/C12H14N4O8/c13-7(11(19)20)4-8(12(21)22)15-14-5-1-2-9(16(23)24)6(3-5)10(17)18/h1-3,7-8,14-15H,4,13H2,(H,17,18)(H,19,20)(H,21,22)/t7-,8?/m0/s1. The average Bonchev–Trinajstić information content (AvgIpc) is 2.50. The van der Waals surface area contributed by atoms with Gasteiger partial charge in [0.05, 0.1) is 10.6 Å². The number of hydrogen-bond donors (Lipinski definition) is 6. The Morgan fingerprint density at radius 2 is 1.83 bits per heavy atom. The summed E-state index contributed by atoms with van der Waals surface area (Å²) in [6.45, 7) is 0. The van der Waals surface area contributed by atoms with E-state index >= 15 is 0 Å². The minimum absolute atomic E-state index is 0.0353. The first-order valence-electron chi connectivity index (χ1n) is 6.38. The molecule has 0 aliphatic rings. The van der Waals surface area contributed by atoms with Gasteiger partial charge in [0.1, 0.15) is 17.6 Å². The van der Waals surface area contributed by atoms with Crippen molar-refractivity contribution in [1.29, 1.82) is 0 Å². The molecular formula is C12H14N4O8. The number of nitro benzene ring substituents is 1. The van der Waals surface area contributed by atoms with Crippen molar-refractivity contribution in [2.75, 3.05) is 5.43 Å². The summed E-state index contributed by atoms with van der Waals surface area (Å²) in [6.07, 6.45) is -0.448. The van der Waals surface area contributed by atoms with Gasteiger partial charge in [0, 0.05) is 12.5 Å². The summed E-state index contributed by atoms with van der Waals surface area (Å²) in [5.74, 6) is -4.31. The molecular weight excluding hydrogens is 328 g/mol. The molecule has 0 aromatic heterocycles. The Balaban J connectivity index is 2.90. The highest BCUT2D eigenvalue weighted by Crippen LogP contribution is 2.22. The lowest BCUT2D eigenvalue weighted by Gasteiger charge is -2.18. The van der Waals surface area contributed by atoms with Gasteiger partial charge in [-0.15, -0.1) is 0 Å². The van der Waals surface area contributed by atoms with Gasteiger partial charge in [-0.3, -0.25) is 19.7 Å². The normalized spacial score (nSPS) is 12.9. The predicted octanol–water partition coefficient (Wildman–Crippen LogP) is -0.535. The number of carboxylic acid groups (broad SMARTS) is 3. The van der Waals surface area contributed by atoms with Crippen molar-refractivity contribution >= 4 is 29.3 Å². The highest BCUT2D eigenvalue weighted by molar-refractivity contribution is 5.93. The van der Waals surface area contributed by atoms with Crippen molar-refractivity contribution in [2.24, 2.45) is 5.73 Å². The van der Waals surface area contributed by atoms with Crippen molar-refractivity contribution < 1.29 is 34.6 Å². The number of aromatic carboxylic acids is 1. The molecule has 0 aliphatic heterocycles. The molecule has 1 rings (SSSR count). The molecule has 1 aromatic carbocycles. The number of nitrogens with zero attached hydrogens (tertiary/aromatic N) is 1. The SMILES string of the molecule is N[C@@H](CC(NNc1ccc([N+](=O)[O-])c(C(=O)O)c1)C(=O)O)C(=O)O. The number of hydrogen-bond acceptors (Lipinski definition) is 8. The summed E-state index contributed by atoms with van der Waals surface area (Å²) in [5, 5.41) is 37.4. The van der Waals surface area contributed by atoms with Crippen molar-refractivity contribution in [3.63, 3.8) is 0 Å². The van der Waals surface area contributed by atoms with Gasteiger partial charge in [-0.25, -0.2) is 10.2 Å². The Morgan fingerprint density at radius 3 is 2.29 bits per heavy atom. The number of carboxylic acids is 3. The van der Waals surface area contributed by atoms with Crippen LogP contribution in [0.2, 0.25) is 0 Å². The van der Waals surface area contributed by atoms with E-state index in [0.29, 0.717) is 0 Å². The Hall–Kier alpha value is -3.25. The topological polar surface area (TPSA) is 205 Å². The van der Waals surface area contributed by atoms with E-state index in [0.717, 1.165) is 18.2 Å². The first-order valence-corrected chi connectivity index (χ1v) is 6.38. The van der Waals surface area contributed by atoms with Gasteiger partial charge >= 0.3 is 17.9 Å². The highest BCUT2D eigenvalue weighted by Gasteiger charge is 2.25. The molecule has 12 nitrogen and oxygen atoms in total. The molecule has 0 bridgehead atoms. The van der Waals surface area contributed by atoms with Crippen LogP contribution in [0, 0.1) is 10.1 Å². The third kappa shape index (κ3) is 4.89. The molecule has 0 saturated carbocycles. The van der Waals surface area contributed by atoms with Crippen molar-refractivity contribution in [3.8, 4) is 0 Å². The van der Waals surface area contributed by atoms with Gasteiger partial charge in [0.25, 0.3) is 5.69 Å². The molecule has 0 saturated heterocycles. The monoisotopic (exact) mass is 342 g/mol. The van der Waals surface area contributed by atoms with Gasteiger partial charge in [0.2, 0.25) is 0 Å². The van der Waals surface area contributed by atoms with Crippen LogP contribution >= 0.6 is 0 Å². The van der Waals surface area contributed by atoms with Crippen LogP contribution in [-0.4, -0.2) is 50.2 Å². The predicted molar refractivity (Wildman–Crippen MR) is 78.5 cm³/mol. The molecule has 24 heavy (non-hydrogen) atoms. The molecule has 0 aliphatic carbocycles. The molecule has 1 aromatic rings. The highest BCUT2D eigenvalue weighted by atomic mass is 16.6. The lowest BCUT2D eigenvalue weighted by Crippen LogP contribution is -2.46. The zero-order valence-corrected chi connectivity index (χ0v) is 12.0. The van der Waals surface area contributed by atoms with E-state index in [1.165, 1.54) is 0 Å². The lowest BCUT2D eigenvalue weighted by atomic mass is 10.1. The van der Waals surface area contributed by atoms with Gasteiger partial charge in [-0.05, 0) is 12.1 Å². The van der Waals surface area contributed by atoms with Crippen LogP contribution in [0.4, 0.5) is 11.4 Å². The molecule has 1 unspecified atom stereocenters. The summed E-state index contributed by atoms with van der Waals surface area (Å²) in [5.41, 5.74) is 8.71. The average molecular weight is 342 g/mol. The Kier molecular flexibility index (Phi) is 6.14. The number of carbonyl (C=O) groups is 3. The minimum Gasteiger partial charge on any atom is -0.480 e. The maximum absolute atomic E-state index is 11.1. The van der Waals surface area contributed by atoms with E-state index < -0.39 is 52.6 Å². The van der Waals surface area contributed by atoms with Crippen LogP contribution < -0.4 is 16.6 Å². The van der Waals surface area contributed by atoms with E-state index in [2.05, 4.69) is 10.9 Å². The second-order valence-corrected chi connectivity index (χ2v) is 4.63. The maximum atomic E-state index is 11.1. The van der Waals surface area contributed by atoms with Gasteiger partial charge < -0.3 is 26.5 Å². The largest absolute Gasteiger partial charge is 0.480 e. The molecule has 7 N–H and O–H groups in total. The number of nitrogens with one attached hydrogen (secondary N) is 2. The molecule has 0 heterocycles. The zero-order valence-electron chi connectivity index (χ0n) is 12.0. The molecule has 0 fully saturated rings. The van der Waals surface area contributed by atoms with Crippen LogP contribution in [0.15, 0.2) is 18.2 Å². The molecule has 0 spiro atoms. The first kappa shape index (κ1) is 18.8. The summed E-state index contributed by atoms with van der Waals surface area (Å²) >= 11 is 0. The molecule has 0 radical (unpaired) electrons. The van der Waals surface area contributed by atoms with Gasteiger partial charge in [0.15, 0.2) is 0 Å². The summed E-state index contributed by atoms with van der Waals surface area (Å²) < 4.78 is 0. The quantitative estimate of drug-likeness (QED) is 0.248. The summed E-state index contributed by atoms with van der Waals surface area (Å²) in [7, 11) is 0. The van der Waals surface area contributed by atoms with Crippen LogP contribution in [0.3, 0.4) is 0 Å². The zero-order chi connectivity index (χ0) is 18.4. The van der Waals surface area contributed by atoms with Gasteiger partial charge in [-0.2, -0.15) is 0 Å². The summed E-state index contributed by atoms with van der Waals surface area (Å²) in [6, 6.07) is 0.218. The number of anilines is 1. The molecule has 0 amide bonds. The fourth-order valence-corrected chi connectivity index (χ4v) is 1.69. The Morgan fingerprint density at radius 1 is 1.21 bits per heavy atom. The molecule has 130 valence electrons. The number of aliphatic carboxylic acids is 2. The van der Waals surface area contributed by atoms with E-state index in [-0.39, 0.29) is 5.69 Å². The Bertz CT molecular complexity index is 677. The van der Waals surface area contributed by atoms with Crippen molar-refractivity contribution in [1.82, 2.24) is 5.43 Å². The smallest absolute Gasteiger partial charge is 0.342 e. The second kappa shape index (κ2) is 7.85. The van der Waals surface area contributed by atoms with Crippen molar-refractivity contribution in [3.05, 3.63) is 33.9 Å². The van der Waals surface area contributed by atoms with E-state index in [1.807, 2.05) is 0 Å². The first-order chi connectivity index (χ1) is 11.1. The second-order valence-electron chi connectivity index (χ2n) is 4.63.